The molecule has 1 heterocycles. The average molecular weight is 227 g/mol. The number of hydrogen-bond acceptors (Lipinski definition) is 1. The van der Waals surface area contributed by atoms with Crippen LogP contribution in [0.5, 0.6) is 0 Å². The molecule has 1 saturated carbocycles. The Balaban J connectivity index is 2.38. The summed E-state index contributed by atoms with van der Waals surface area (Å²) in [6.07, 6.45) is 4.78. The number of rotatable bonds is 2. The number of carbonyl (C=O) groups is 1. The molecule has 0 atom stereocenters. The maximum Gasteiger partial charge on any atom is 0.166 e. The van der Waals surface area contributed by atoms with Crippen molar-refractivity contribution in [3.05, 3.63) is 35.0 Å². The summed E-state index contributed by atoms with van der Waals surface area (Å²) in [5, 5.41) is 1.28. The van der Waals surface area contributed by atoms with Crippen LogP contribution in [0.4, 0.5) is 0 Å². The Morgan fingerprint density at radius 2 is 2.12 bits per heavy atom. The minimum Gasteiger partial charge on any atom is -0.341 e. The van der Waals surface area contributed by atoms with Gasteiger partial charge in [0.1, 0.15) is 0 Å². The highest BCUT2D eigenvalue weighted by atomic mass is 16.1. The monoisotopic (exact) mass is 227 g/mol. The topological polar surface area (TPSA) is 22.0 Å². The highest BCUT2D eigenvalue weighted by molar-refractivity contribution is 5.95. The van der Waals surface area contributed by atoms with E-state index in [0.717, 1.165) is 12.0 Å². The summed E-state index contributed by atoms with van der Waals surface area (Å²) in [6, 6.07) is 6.36. The van der Waals surface area contributed by atoms with Gasteiger partial charge in [0, 0.05) is 12.4 Å². The first kappa shape index (κ1) is 10.6. The van der Waals surface area contributed by atoms with Crippen LogP contribution in [0.15, 0.2) is 18.2 Å². The fraction of sp³-hybridized carbons (Fsp3) is 0.400. The van der Waals surface area contributed by atoms with Gasteiger partial charge in [-0.15, -0.1) is 0 Å². The van der Waals surface area contributed by atoms with Crippen LogP contribution in [0.25, 0.3) is 10.9 Å². The molecule has 0 spiro atoms. The molecule has 1 aromatic carbocycles. The van der Waals surface area contributed by atoms with Crippen molar-refractivity contribution < 1.29 is 4.79 Å². The normalized spacial score (nSPS) is 16.1. The van der Waals surface area contributed by atoms with Crippen molar-refractivity contribution in [2.75, 3.05) is 0 Å². The van der Waals surface area contributed by atoms with Gasteiger partial charge in [0.25, 0.3) is 0 Å². The molecule has 1 aliphatic rings. The van der Waals surface area contributed by atoms with Crippen LogP contribution in [0, 0.1) is 6.92 Å². The van der Waals surface area contributed by atoms with Gasteiger partial charge in [-0.1, -0.05) is 24.6 Å². The summed E-state index contributed by atoms with van der Waals surface area (Å²) in [5.74, 6) is 0.598. The van der Waals surface area contributed by atoms with Gasteiger partial charge < -0.3 is 4.57 Å². The second-order valence-corrected chi connectivity index (χ2v) is 5.07. The number of benzene rings is 1. The zero-order chi connectivity index (χ0) is 12.0. The van der Waals surface area contributed by atoms with E-state index in [1.165, 1.54) is 41.3 Å². The molecule has 1 aliphatic carbocycles. The molecule has 0 N–H and O–H groups in total. The van der Waals surface area contributed by atoms with E-state index in [4.69, 9.17) is 0 Å². The van der Waals surface area contributed by atoms with Gasteiger partial charge in [0.05, 0.1) is 11.2 Å². The lowest BCUT2D eigenvalue weighted by atomic mass is 9.79. The fourth-order valence-corrected chi connectivity index (χ4v) is 3.03. The summed E-state index contributed by atoms with van der Waals surface area (Å²) >= 11 is 0. The predicted molar refractivity (Wildman–Crippen MR) is 69.6 cm³/mol. The van der Waals surface area contributed by atoms with Crippen LogP contribution in [-0.2, 0) is 7.05 Å². The van der Waals surface area contributed by atoms with Crippen molar-refractivity contribution in [3.63, 3.8) is 0 Å². The van der Waals surface area contributed by atoms with Gasteiger partial charge in [-0.3, -0.25) is 4.79 Å². The first-order valence-corrected chi connectivity index (χ1v) is 6.27. The minimum atomic E-state index is 0.598. The van der Waals surface area contributed by atoms with Gasteiger partial charge in [-0.05, 0) is 36.8 Å². The molecular formula is C15H17NO. The maximum absolute atomic E-state index is 11.4. The Kier molecular flexibility index (Phi) is 2.32. The second kappa shape index (κ2) is 3.73. The molecule has 1 fully saturated rings. The van der Waals surface area contributed by atoms with E-state index >= 15 is 0 Å². The zero-order valence-electron chi connectivity index (χ0n) is 10.4. The van der Waals surface area contributed by atoms with Gasteiger partial charge >= 0.3 is 0 Å². The molecule has 0 bridgehead atoms. The largest absolute Gasteiger partial charge is 0.341 e. The third kappa shape index (κ3) is 1.36. The standard InChI is InChI=1S/C15H17NO/c1-10-5-3-8-12-14(11-6-4-7-11)13(9-17)16(2)15(10)12/h3,5,8-9,11H,4,6-7H2,1-2H3. The number of aldehydes is 1. The Hall–Kier alpha value is -1.57. The summed E-state index contributed by atoms with van der Waals surface area (Å²) in [4.78, 5) is 11.4. The first-order valence-electron chi connectivity index (χ1n) is 6.27. The molecule has 0 radical (unpaired) electrons. The fourth-order valence-electron chi connectivity index (χ4n) is 3.03. The molecule has 0 aliphatic heterocycles. The van der Waals surface area contributed by atoms with Crippen molar-refractivity contribution in [1.82, 2.24) is 4.57 Å². The molecule has 0 unspecified atom stereocenters. The van der Waals surface area contributed by atoms with E-state index in [1.54, 1.807) is 0 Å². The average Bonchev–Trinajstić information content (AvgIpc) is 2.51. The number of fused-ring (bicyclic) bond motifs is 1. The summed E-state index contributed by atoms with van der Waals surface area (Å²) in [6.45, 7) is 2.11. The lowest BCUT2D eigenvalue weighted by molar-refractivity contribution is 0.111. The number of para-hydroxylation sites is 1. The Labute approximate surface area is 101 Å². The molecule has 0 amide bonds. The molecular weight excluding hydrogens is 210 g/mol. The molecule has 3 rings (SSSR count). The van der Waals surface area contributed by atoms with Crippen molar-refractivity contribution in [2.45, 2.75) is 32.1 Å². The van der Waals surface area contributed by atoms with Crippen molar-refractivity contribution in [1.29, 1.82) is 0 Å². The lowest BCUT2D eigenvalue weighted by Crippen LogP contribution is -2.11. The van der Waals surface area contributed by atoms with Crippen molar-refractivity contribution in [3.8, 4) is 0 Å². The van der Waals surface area contributed by atoms with E-state index < -0.39 is 0 Å². The quantitative estimate of drug-likeness (QED) is 0.719. The summed E-state index contributed by atoms with van der Waals surface area (Å²) in [5.41, 5.74) is 4.63. The number of nitrogens with zero attached hydrogens (tertiary/aromatic N) is 1. The van der Waals surface area contributed by atoms with E-state index in [2.05, 4.69) is 29.7 Å². The predicted octanol–water partition coefficient (Wildman–Crippen LogP) is 3.57. The number of carbonyl (C=O) groups excluding carboxylic acids is 1. The number of aromatic nitrogens is 1. The minimum absolute atomic E-state index is 0.598. The molecule has 2 aromatic rings. The highest BCUT2D eigenvalue weighted by Gasteiger charge is 2.27. The van der Waals surface area contributed by atoms with E-state index in [1.807, 2.05) is 7.05 Å². The Bertz CT molecular complexity index is 590. The van der Waals surface area contributed by atoms with E-state index in [0.29, 0.717) is 5.92 Å². The van der Waals surface area contributed by atoms with Crippen LogP contribution in [0.1, 0.15) is 46.8 Å². The molecule has 2 heteroatoms. The molecule has 17 heavy (non-hydrogen) atoms. The number of hydrogen-bond donors (Lipinski definition) is 0. The van der Waals surface area contributed by atoms with Crippen LogP contribution in [0.3, 0.4) is 0 Å². The molecule has 1 aromatic heterocycles. The SMILES string of the molecule is Cc1cccc2c(C3CCC3)c(C=O)n(C)c12. The first-order chi connectivity index (χ1) is 8.24. The lowest BCUT2D eigenvalue weighted by Gasteiger charge is -2.25. The Morgan fingerprint density at radius 3 is 2.71 bits per heavy atom. The smallest absolute Gasteiger partial charge is 0.166 e. The molecule has 0 saturated heterocycles. The van der Waals surface area contributed by atoms with Gasteiger partial charge in [0.2, 0.25) is 0 Å². The third-order valence-electron chi connectivity index (χ3n) is 4.13. The van der Waals surface area contributed by atoms with Crippen LogP contribution >= 0.6 is 0 Å². The Morgan fingerprint density at radius 1 is 1.35 bits per heavy atom. The van der Waals surface area contributed by atoms with E-state index in [-0.39, 0.29) is 0 Å². The zero-order valence-corrected chi connectivity index (χ0v) is 10.4. The van der Waals surface area contributed by atoms with Crippen LogP contribution in [-0.4, -0.2) is 10.9 Å². The van der Waals surface area contributed by atoms with Crippen LogP contribution < -0.4 is 0 Å². The highest BCUT2D eigenvalue weighted by Crippen LogP contribution is 2.42. The van der Waals surface area contributed by atoms with Gasteiger partial charge in [-0.2, -0.15) is 0 Å². The van der Waals surface area contributed by atoms with Gasteiger partial charge in [0.15, 0.2) is 6.29 Å². The molecule has 2 nitrogen and oxygen atoms in total. The molecule has 88 valence electrons. The third-order valence-corrected chi connectivity index (χ3v) is 4.13. The summed E-state index contributed by atoms with van der Waals surface area (Å²) in [7, 11) is 2.00. The number of aryl methyl sites for hydroxylation is 2. The van der Waals surface area contributed by atoms with Crippen molar-refractivity contribution >= 4 is 17.2 Å². The van der Waals surface area contributed by atoms with Crippen LogP contribution in [0.2, 0.25) is 0 Å². The second-order valence-electron chi connectivity index (χ2n) is 5.07. The van der Waals surface area contributed by atoms with Crippen molar-refractivity contribution in [2.24, 2.45) is 7.05 Å². The van der Waals surface area contributed by atoms with E-state index in [9.17, 15) is 4.79 Å². The summed E-state index contributed by atoms with van der Waals surface area (Å²) < 4.78 is 2.06. The van der Waals surface area contributed by atoms with Gasteiger partial charge in [-0.25, -0.2) is 0 Å². The maximum atomic E-state index is 11.4.